The van der Waals surface area contributed by atoms with Gasteiger partial charge in [0.25, 0.3) is 0 Å². The molecule has 13 heavy (non-hydrogen) atoms. The van der Waals surface area contributed by atoms with Gasteiger partial charge in [-0.05, 0) is 6.92 Å². The number of fused-ring (bicyclic) bond motifs is 1. The van der Waals surface area contributed by atoms with E-state index < -0.39 is 0 Å². The summed E-state index contributed by atoms with van der Waals surface area (Å²) in [7, 11) is 0. The van der Waals surface area contributed by atoms with Gasteiger partial charge in [-0.2, -0.15) is 0 Å². The van der Waals surface area contributed by atoms with E-state index in [-0.39, 0.29) is 5.78 Å². The Balaban J connectivity index is 2.26. The highest BCUT2D eigenvalue weighted by molar-refractivity contribution is 5.77. The van der Waals surface area contributed by atoms with Crippen molar-refractivity contribution in [3.05, 3.63) is 17.0 Å². The van der Waals surface area contributed by atoms with E-state index in [2.05, 4.69) is 5.16 Å². The Labute approximate surface area is 75.9 Å². The summed E-state index contributed by atoms with van der Waals surface area (Å²) in [5, 5.41) is 3.90. The molecule has 0 spiro atoms. The molecule has 70 valence electrons. The maximum absolute atomic E-state index is 10.9. The molecule has 1 aliphatic heterocycles. The van der Waals surface area contributed by atoms with E-state index in [1.165, 1.54) is 0 Å². The van der Waals surface area contributed by atoms with Crippen LogP contribution in [0.5, 0.6) is 0 Å². The molecule has 0 aromatic carbocycles. The van der Waals surface area contributed by atoms with Gasteiger partial charge >= 0.3 is 0 Å². The third kappa shape index (κ3) is 1.62. The number of rotatable bonds is 2. The van der Waals surface area contributed by atoms with Crippen molar-refractivity contribution in [1.82, 2.24) is 5.16 Å². The van der Waals surface area contributed by atoms with E-state index >= 15 is 0 Å². The summed E-state index contributed by atoms with van der Waals surface area (Å²) in [5.41, 5.74) is 1.92. The van der Waals surface area contributed by atoms with Crippen LogP contribution < -0.4 is 0 Å². The maximum Gasteiger partial charge on any atom is 0.149 e. The molecule has 0 atom stereocenters. The lowest BCUT2D eigenvalue weighted by molar-refractivity contribution is -0.116. The lowest BCUT2D eigenvalue weighted by atomic mass is 10.1. The molecule has 1 aromatic rings. The van der Waals surface area contributed by atoms with Crippen LogP contribution in [-0.4, -0.2) is 17.5 Å². The van der Waals surface area contributed by atoms with Crippen LogP contribution in [-0.2, 0) is 29.0 Å². The van der Waals surface area contributed by atoms with E-state index in [0.29, 0.717) is 25.4 Å². The third-order valence-electron chi connectivity index (χ3n) is 2.09. The molecule has 1 aliphatic rings. The van der Waals surface area contributed by atoms with Crippen LogP contribution in [0.4, 0.5) is 0 Å². The lowest BCUT2D eigenvalue weighted by Crippen LogP contribution is -2.10. The van der Waals surface area contributed by atoms with E-state index in [1.54, 1.807) is 6.92 Å². The quantitative estimate of drug-likeness (QED) is 0.679. The predicted molar refractivity (Wildman–Crippen MR) is 44.2 cm³/mol. The highest BCUT2D eigenvalue weighted by Crippen LogP contribution is 2.20. The number of nitrogens with zero attached hydrogens (tertiary/aromatic N) is 1. The van der Waals surface area contributed by atoms with E-state index in [4.69, 9.17) is 9.26 Å². The van der Waals surface area contributed by atoms with Crippen molar-refractivity contribution in [2.75, 3.05) is 6.61 Å². The number of carbonyl (C=O) groups is 1. The molecule has 0 fully saturated rings. The summed E-state index contributed by atoms with van der Waals surface area (Å²) in [4.78, 5) is 10.9. The zero-order valence-corrected chi connectivity index (χ0v) is 7.50. The maximum atomic E-state index is 10.9. The smallest absolute Gasteiger partial charge is 0.149 e. The lowest BCUT2D eigenvalue weighted by Gasteiger charge is -2.09. The number of ether oxygens (including phenoxy) is 1. The number of carbonyl (C=O) groups excluding carboxylic acids is 1. The monoisotopic (exact) mass is 181 g/mol. The van der Waals surface area contributed by atoms with Crippen molar-refractivity contribution >= 4 is 5.78 Å². The van der Waals surface area contributed by atoms with Crippen LogP contribution in [0.1, 0.15) is 23.9 Å². The van der Waals surface area contributed by atoms with Crippen molar-refractivity contribution in [3.8, 4) is 0 Å². The predicted octanol–water partition coefficient (Wildman–Crippen LogP) is 0.879. The van der Waals surface area contributed by atoms with Gasteiger partial charge in [-0.1, -0.05) is 5.16 Å². The Morgan fingerprint density at radius 2 is 2.46 bits per heavy atom. The van der Waals surface area contributed by atoms with Crippen molar-refractivity contribution in [2.45, 2.75) is 26.4 Å². The summed E-state index contributed by atoms with van der Waals surface area (Å²) in [6.45, 7) is 2.76. The van der Waals surface area contributed by atoms with Crippen LogP contribution in [0.15, 0.2) is 4.52 Å². The van der Waals surface area contributed by atoms with Crippen LogP contribution in [0.25, 0.3) is 0 Å². The first kappa shape index (κ1) is 8.44. The van der Waals surface area contributed by atoms with Gasteiger partial charge in [0.1, 0.15) is 11.5 Å². The van der Waals surface area contributed by atoms with Gasteiger partial charge in [-0.25, -0.2) is 0 Å². The Morgan fingerprint density at radius 3 is 3.23 bits per heavy atom. The van der Waals surface area contributed by atoms with Gasteiger partial charge in [-0.15, -0.1) is 0 Å². The van der Waals surface area contributed by atoms with Crippen LogP contribution in [0.2, 0.25) is 0 Å². The molecule has 0 bridgehead atoms. The average molecular weight is 181 g/mol. The van der Waals surface area contributed by atoms with Crippen molar-refractivity contribution in [3.63, 3.8) is 0 Å². The molecular formula is C9H11NO3. The Morgan fingerprint density at radius 1 is 1.62 bits per heavy atom. The second kappa shape index (κ2) is 3.30. The molecule has 2 rings (SSSR count). The molecule has 4 heteroatoms. The molecule has 4 nitrogen and oxygen atoms in total. The number of ketones is 1. The summed E-state index contributed by atoms with van der Waals surface area (Å²) in [5.74, 6) is 0.756. The van der Waals surface area contributed by atoms with Crippen LogP contribution in [0, 0.1) is 0 Å². The van der Waals surface area contributed by atoms with E-state index in [9.17, 15) is 4.79 Å². The van der Waals surface area contributed by atoms with E-state index in [1.807, 2.05) is 0 Å². The molecule has 2 heterocycles. The topological polar surface area (TPSA) is 52.3 Å². The molecule has 0 saturated heterocycles. The van der Waals surface area contributed by atoms with Gasteiger partial charge in [0.15, 0.2) is 0 Å². The fraction of sp³-hybridized carbons (Fsp3) is 0.556. The van der Waals surface area contributed by atoms with Crippen LogP contribution in [0.3, 0.4) is 0 Å². The minimum atomic E-state index is 0.0875. The number of Topliss-reactive ketones (excluding diaryl/α,β-unsaturated/α-hetero) is 1. The van der Waals surface area contributed by atoms with Crippen LogP contribution >= 0.6 is 0 Å². The highest BCUT2D eigenvalue weighted by Gasteiger charge is 2.20. The van der Waals surface area contributed by atoms with Gasteiger partial charge in [0.2, 0.25) is 0 Å². The Kier molecular flexibility index (Phi) is 2.14. The zero-order valence-electron chi connectivity index (χ0n) is 7.50. The number of hydrogen-bond donors (Lipinski definition) is 0. The molecule has 0 unspecified atom stereocenters. The van der Waals surface area contributed by atoms with Gasteiger partial charge < -0.3 is 9.26 Å². The largest absolute Gasteiger partial charge is 0.376 e. The molecule has 0 N–H and O–H groups in total. The minimum Gasteiger partial charge on any atom is -0.376 e. The van der Waals surface area contributed by atoms with E-state index in [0.717, 1.165) is 17.7 Å². The van der Waals surface area contributed by atoms with Gasteiger partial charge in [0, 0.05) is 12.0 Å². The molecule has 0 aliphatic carbocycles. The summed E-state index contributed by atoms with van der Waals surface area (Å²) >= 11 is 0. The van der Waals surface area contributed by atoms with Crippen molar-refractivity contribution in [1.29, 1.82) is 0 Å². The standard InChI is InChI=1S/C9H11NO3/c1-6(11)4-9-7-5-12-3-2-8(7)10-13-9/h2-5H2,1H3. The zero-order chi connectivity index (χ0) is 9.26. The third-order valence-corrected chi connectivity index (χ3v) is 2.09. The summed E-state index contributed by atoms with van der Waals surface area (Å²) < 4.78 is 10.3. The minimum absolute atomic E-state index is 0.0875. The number of hydrogen-bond acceptors (Lipinski definition) is 4. The van der Waals surface area contributed by atoms with Gasteiger partial charge in [-0.3, -0.25) is 4.79 Å². The first-order valence-electron chi connectivity index (χ1n) is 4.31. The van der Waals surface area contributed by atoms with Crippen molar-refractivity contribution < 1.29 is 14.1 Å². The molecule has 0 radical (unpaired) electrons. The first-order valence-corrected chi connectivity index (χ1v) is 4.31. The number of aromatic nitrogens is 1. The Bertz CT molecular complexity index is 330. The highest BCUT2D eigenvalue weighted by atomic mass is 16.5. The second-order valence-electron chi connectivity index (χ2n) is 3.21. The van der Waals surface area contributed by atoms with Gasteiger partial charge in [0.05, 0.1) is 25.3 Å². The molecule has 1 aromatic heterocycles. The SMILES string of the molecule is CC(=O)Cc1onc2c1COCC2. The average Bonchev–Trinajstić information content (AvgIpc) is 2.48. The summed E-state index contributed by atoms with van der Waals surface area (Å²) in [6, 6.07) is 0. The molecule has 0 amide bonds. The normalized spacial score (nSPS) is 15.5. The fourth-order valence-corrected chi connectivity index (χ4v) is 1.45. The first-order chi connectivity index (χ1) is 6.27. The van der Waals surface area contributed by atoms with Crippen molar-refractivity contribution in [2.24, 2.45) is 0 Å². The Hall–Kier alpha value is -1.16. The summed E-state index contributed by atoms with van der Waals surface area (Å²) in [6.07, 6.45) is 1.11. The fourth-order valence-electron chi connectivity index (χ4n) is 1.45. The molecule has 0 saturated carbocycles. The molecular weight excluding hydrogens is 170 g/mol. The second-order valence-corrected chi connectivity index (χ2v) is 3.21.